The molecule has 21 heavy (non-hydrogen) atoms. The normalized spacial score (nSPS) is 13.0. The Morgan fingerprint density at radius 2 is 1.38 bits per heavy atom. The largest absolute Gasteiger partial charge is 0.459 e. The Morgan fingerprint density at radius 3 is 1.81 bits per heavy atom. The van der Waals surface area contributed by atoms with Gasteiger partial charge >= 0.3 is 12.1 Å². The minimum Gasteiger partial charge on any atom is -0.389 e. The first kappa shape index (κ1) is 19.7. The molecular formula is C14H23F5N2. The van der Waals surface area contributed by atoms with E-state index < -0.39 is 17.8 Å². The monoisotopic (exact) mass is 314 g/mol. The molecule has 0 heterocycles. The topological polar surface area (TPSA) is 24.1 Å². The van der Waals surface area contributed by atoms with Crippen LogP contribution in [0.5, 0.6) is 0 Å². The first-order valence-electron chi connectivity index (χ1n) is 6.57. The lowest BCUT2D eigenvalue weighted by molar-refractivity contribution is -0.265. The summed E-state index contributed by atoms with van der Waals surface area (Å²) in [6, 6.07) is 0. The molecule has 0 aromatic rings. The molecule has 0 fully saturated rings. The molecule has 0 aliphatic carbocycles. The Hall–Kier alpha value is -1.27. The summed E-state index contributed by atoms with van der Waals surface area (Å²) in [5.41, 5.74) is -0.448. The van der Waals surface area contributed by atoms with E-state index in [1.54, 1.807) is 0 Å². The zero-order valence-electron chi connectivity index (χ0n) is 12.6. The van der Waals surface area contributed by atoms with Gasteiger partial charge in [0.25, 0.3) is 0 Å². The molecule has 2 N–H and O–H groups in total. The number of rotatable bonds is 8. The number of halogens is 5. The lowest BCUT2D eigenvalue weighted by atomic mass is 9.91. The molecule has 0 aromatic carbocycles. The SMILES string of the molecule is C=C(CC(C)(C)C)NCCCNC(=C)C(F)(F)C(F)(F)F. The fraction of sp³-hybridized carbons (Fsp3) is 0.714. The van der Waals surface area contributed by atoms with Crippen molar-refractivity contribution in [3.8, 4) is 0 Å². The van der Waals surface area contributed by atoms with Gasteiger partial charge in [0.2, 0.25) is 0 Å². The lowest BCUT2D eigenvalue weighted by Gasteiger charge is -2.23. The average molecular weight is 314 g/mol. The van der Waals surface area contributed by atoms with Crippen molar-refractivity contribution < 1.29 is 22.0 Å². The molecule has 0 saturated heterocycles. The zero-order valence-corrected chi connectivity index (χ0v) is 12.6. The average Bonchev–Trinajstić information content (AvgIpc) is 2.24. The second-order valence-corrected chi connectivity index (χ2v) is 6.10. The van der Waals surface area contributed by atoms with Crippen LogP contribution in [0.15, 0.2) is 24.6 Å². The number of hydrogen-bond acceptors (Lipinski definition) is 2. The molecule has 0 rings (SSSR count). The molecule has 0 atom stereocenters. The van der Waals surface area contributed by atoms with Crippen LogP contribution in [0, 0.1) is 5.41 Å². The highest BCUT2D eigenvalue weighted by atomic mass is 19.4. The maximum absolute atomic E-state index is 12.8. The molecule has 0 radical (unpaired) electrons. The third-order valence-corrected chi connectivity index (χ3v) is 2.55. The van der Waals surface area contributed by atoms with E-state index in [0.717, 1.165) is 12.1 Å². The van der Waals surface area contributed by atoms with Crippen LogP contribution in [0.25, 0.3) is 0 Å². The van der Waals surface area contributed by atoms with Crippen LogP contribution >= 0.6 is 0 Å². The van der Waals surface area contributed by atoms with E-state index in [9.17, 15) is 22.0 Å². The van der Waals surface area contributed by atoms with Crippen molar-refractivity contribution in [3.63, 3.8) is 0 Å². The summed E-state index contributed by atoms with van der Waals surface area (Å²) in [5, 5.41) is 5.03. The fourth-order valence-corrected chi connectivity index (χ4v) is 1.58. The van der Waals surface area contributed by atoms with Crippen molar-refractivity contribution in [1.82, 2.24) is 10.6 Å². The molecule has 0 aliphatic rings. The Morgan fingerprint density at radius 1 is 0.905 bits per heavy atom. The second kappa shape index (κ2) is 7.13. The number of alkyl halides is 5. The third kappa shape index (κ3) is 7.34. The first-order valence-corrected chi connectivity index (χ1v) is 6.57. The summed E-state index contributed by atoms with van der Waals surface area (Å²) in [7, 11) is 0. The maximum Gasteiger partial charge on any atom is 0.459 e. The van der Waals surface area contributed by atoms with Crippen LogP contribution in [-0.2, 0) is 0 Å². The van der Waals surface area contributed by atoms with Gasteiger partial charge in [0, 0.05) is 18.8 Å². The van der Waals surface area contributed by atoms with Crippen molar-refractivity contribution in [2.24, 2.45) is 5.41 Å². The molecular weight excluding hydrogens is 291 g/mol. The molecule has 0 aromatic heterocycles. The van der Waals surface area contributed by atoms with Crippen molar-refractivity contribution >= 4 is 0 Å². The van der Waals surface area contributed by atoms with Gasteiger partial charge in [0.1, 0.15) is 0 Å². The van der Waals surface area contributed by atoms with E-state index in [2.05, 4.69) is 18.5 Å². The van der Waals surface area contributed by atoms with Crippen molar-refractivity contribution in [3.05, 3.63) is 24.6 Å². The van der Waals surface area contributed by atoms with Gasteiger partial charge in [-0.2, -0.15) is 22.0 Å². The molecule has 0 spiro atoms. The molecule has 0 aliphatic heterocycles. The van der Waals surface area contributed by atoms with Crippen LogP contribution < -0.4 is 10.6 Å². The van der Waals surface area contributed by atoms with Gasteiger partial charge in [0.15, 0.2) is 0 Å². The molecule has 7 heteroatoms. The number of hydrogen-bond donors (Lipinski definition) is 2. The Labute approximate surface area is 122 Å². The van der Waals surface area contributed by atoms with E-state index in [-0.39, 0.29) is 12.0 Å². The van der Waals surface area contributed by atoms with Gasteiger partial charge in [-0.25, -0.2) is 0 Å². The van der Waals surface area contributed by atoms with Gasteiger partial charge in [-0.3, -0.25) is 0 Å². The summed E-state index contributed by atoms with van der Waals surface area (Å²) >= 11 is 0. The second-order valence-electron chi connectivity index (χ2n) is 6.10. The first-order chi connectivity index (χ1) is 9.27. The molecule has 124 valence electrons. The van der Waals surface area contributed by atoms with Crippen LogP contribution in [0.2, 0.25) is 0 Å². The van der Waals surface area contributed by atoms with E-state index in [1.165, 1.54) is 0 Å². The summed E-state index contributed by atoms with van der Waals surface area (Å²) in [5.74, 6) is -4.92. The molecule has 0 unspecified atom stereocenters. The molecule has 2 nitrogen and oxygen atoms in total. The zero-order chi connectivity index (χ0) is 16.9. The summed E-state index contributed by atoms with van der Waals surface area (Å²) in [4.78, 5) is 0. The van der Waals surface area contributed by atoms with E-state index in [0.29, 0.717) is 13.0 Å². The van der Waals surface area contributed by atoms with Crippen molar-refractivity contribution in [2.45, 2.75) is 45.7 Å². The quantitative estimate of drug-likeness (QED) is 0.518. The Balaban J connectivity index is 3.97. The minimum atomic E-state index is -5.63. The summed E-state index contributed by atoms with van der Waals surface area (Å²) < 4.78 is 61.8. The van der Waals surface area contributed by atoms with Gasteiger partial charge in [-0.15, -0.1) is 0 Å². The minimum absolute atomic E-state index is 0.0275. The summed E-state index contributed by atoms with van der Waals surface area (Å²) in [6.07, 6.45) is -4.51. The highest BCUT2D eigenvalue weighted by molar-refractivity contribution is 5.08. The number of nitrogens with one attached hydrogen (secondary N) is 2. The van der Waals surface area contributed by atoms with E-state index in [1.807, 2.05) is 26.1 Å². The predicted molar refractivity (Wildman–Crippen MR) is 74.0 cm³/mol. The van der Waals surface area contributed by atoms with Gasteiger partial charge in [0.05, 0.1) is 5.70 Å². The van der Waals surface area contributed by atoms with Crippen LogP contribution in [0.1, 0.15) is 33.6 Å². The van der Waals surface area contributed by atoms with Crippen molar-refractivity contribution in [1.29, 1.82) is 0 Å². The van der Waals surface area contributed by atoms with E-state index in [4.69, 9.17) is 0 Å². The summed E-state index contributed by atoms with van der Waals surface area (Å²) in [6.45, 7) is 13.1. The molecule has 0 bridgehead atoms. The van der Waals surface area contributed by atoms with Gasteiger partial charge in [-0.1, -0.05) is 33.9 Å². The van der Waals surface area contributed by atoms with Crippen LogP contribution in [-0.4, -0.2) is 25.2 Å². The third-order valence-electron chi connectivity index (χ3n) is 2.55. The Bertz CT molecular complexity index is 367. The lowest BCUT2D eigenvalue weighted by Crippen LogP contribution is -2.43. The molecule has 0 amide bonds. The van der Waals surface area contributed by atoms with E-state index >= 15 is 0 Å². The highest BCUT2D eigenvalue weighted by Crippen LogP contribution is 2.39. The standard InChI is InChI=1S/C14H23F5N2/c1-10(9-12(3,4)5)20-7-6-8-21-11(2)13(15,16)14(17,18)19/h20-21H,1-2,6-9H2,3-5H3. The smallest absolute Gasteiger partial charge is 0.389 e. The highest BCUT2D eigenvalue weighted by Gasteiger charge is 2.59. The fourth-order valence-electron chi connectivity index (χ4n) is 1.58. The Kier molecular flexibility index (Phi) is 6.70. The van der Waals surface area contributed by atoms with Gasteiger partial charge in [-0.05, 0) is 18.3 Å². The van der Waals surface area contributed by atoms with Gasteiger partial charge < -0.3 is 10.6 Å². The maximum atomic E-state index is 12.8. The van der Waals surface area contributed by atoms with Crippen molar-refractivity contribution in [2.75, 3.05) is 13.1 Å². The number of allylic oxidation sites excluding steroid dienone is 2. The van der Waals surface area contributed by atoms with Crippen LogP contribution in [0.4, 0.5) is 22.0 Å². The van der Waals surface area contributed by atoms with Crippen LogP contribution in [0.3, 0.4) is 0 Å². The predicted octanol–water partition coefficient (Wildman–Crippen LogP) is 4.22. The molecule has 0 saturated carbocycles.